The van der Waals surface area contributed by atoms with Gasteiger partial charge in [0.25, 0.3) is 12.1 Å². The van der Waals surface area contributed by atoms with Gasteiger partial charge in [-0.25, -0.2) is 10.1 Å². The third kappa shape index (κ3) is 2.20. The van der Waals surface area contributed by atoms with Gasteiger partial charge in [-0.2, -0.15) is 0 Å². The van der Waals surface area contributed by atoms with Crippen LogP contribution in [0.2, 0.25) is 0 Å². The molecule has 8 nitrogen and oxygen atoms in total. The molecule has 0 spiro atoms. The van der Waals surface area contributed by atoms with Crippen molar-refractivity contribution in [3.63, 3.8) is 0 Å². The Balaban J connectivity index is 2.22. The number of aliphatic hydroxyl groups excluding tert-OH is 3. The summed E-state index contributed by atoms with van der Waals surface area (Å²) in [4.78, 5) is 23.7. The lowest BCUT2D eigenvalue weighted by atomic mass is 10.1. The van der Waals surface area contributed by atoms with E-state index in [-0.39, 0.29) is 4.48 Å². The van der Waals surface area contributed by atoms with E-state index in [1.807, 2.05) is 5.32 Å². The molecule has 99 valence electrons. The van der Waals surface area contributed by atoms with Crippen molar-refractivity contribution < 1.29 is 29.6 Å². The molecule has 0 aliphatic carbocycles. The molecule has 4 atom stereocenters. The highest BCUT2D eigenvalue weighted by molar-refractivity contribution is 9.12. The largest absolute Gasteiger partial charge is 0.479 e. The van der Waals surface area contributed by atoms with Crippen LogP contribution in [-0.4, -0.2) is 58.4 Å². The minimum absolute atomic E-state index is 0.0832. The zero-order chi connectivity index (χ0) is 13.4. The molecule has 3 amide bonds. The summed E-state index contributed by atoms with van der Waals surface area (Å²) in [6.45, 7) is -0.492. The number of ether oxygens (including phenoxy) is 1. The Kier molecular flexibility index (Phi) is 3.80. The van der Waals surface area contributed by atoms with Gasteiger partial charge in [-0.3, -0.25) is 4.79 Å². The van der Waals surface area contributed by atoms with Crippen LogP contribution in [0.15, 0.2) is 10.7 Å². The standard InChI is InChI=1S/C9H11BrN2O6/c10-3-1-12(9(17)11-7(3)16)8-6(15)5(14)4(2-13)18-8/h1,4-6,8,13-15H,2H2,(H,11,16,17)/q+1/t4-,5-,6-,8-/m1/s1. The molecule has 2 aliphatic rings. The lowest BCUT2D eigenvalue weighted by molar-refractivity contribution is -0.116. The molecular weight excluding hydrogens is 312 g/mol. The van der Waals surface area contributed by atoms with Crippen LogP contribution >= 0.6 is 15.9 Å². The SMILES string of the molecule is O=C1NC(=O)[N+]([C@@H]2O[C@H](CO)[C@@H](O)[C@H]2O)C=C1Br. The van der Waals surface area contributed by atoms with E-state index in [0.717, 1.165) is 11.1 Å². The minimum Gasteiger partial charge on any atom is -0.394 e. The summed E-state index contributed by atoms with van der Waals surface area (Å²) in [6, 6.07) is -0.780. The van der Waals surface area contributed by atoms with Gasteiger partial charge < -0.3 is 20.1 Å². The van der Waals surface area contributed by atoms with Gasteiger partial charge in [0, 0.05) is 0 Å². The number of aliphatic hydroxyl groups is 3. The molecule has 2 rings (SSSR count). The molecule has 4 N–H and O–H groups in total. The van der Waals surface area contributed by atoms with Crippen LogP contribution in [0.5, 0.6) is 0 Å². The number of urea groups is 1. The summed E-state index contributed by atoms with van der Waals surface area (Å²) in [5.41, 5.74) is 0. The van der Waals surface area contributed by atoms with E-state index in [1.54, 1.807) is 0 Å². The summed E-state index contributed by atoms with van der Waals surface area (Å²) < 4.78 is 5.25. The fourth-order valence-corrected chi connectivity index (χ4v) is 2.08. The zero-order valence-electron chi connectivity index (χ0n) is 8.99. The molecular formula is C9H11BrN2O6+. The minimum atomic E-state index is -1.38. The van der Waals surface area contributed by atoms with Crippen molar-refractivity contribution in [2.24, 2.45) is 0 Å². The molecule has 0 bridgehead atoms. The van der Waals surface area contributed by atoms with E-state index >= 15 is 0 Å². The van der Waals surface area contributed by atoms with Crippen LogP contribution in [0.3, 0.4) is 0 Å². The topological polar surface area (TPSA) is 122 Å². The number of hydrogen-bond donors (Lipinski definition) is 4. The second kappa shape index (κ2) is 5.03. The van der Waals surface area contributed by atoms with Crippen LogP contribution in [-0.2, 0) is 9.53 Å². The third-order valence-corrected chi connectivity index (χ3v) is 3.28. The molecule has 1 radical (unpaired) electrons. The Morgan fingerprint density at radius 1 is 1.39 bits per heavy atom. The maximum absolute atomic E-state index is 11.6. The number of carbonyl (C=O) groups excluding carboxylic acids is 2. The monoisotopic (exact) mass is 322 g/mol. The van der Waals surface area contributed by atoms with E-state index in [1.165, 1.54) is 0 Å². The molecule has 0 unspecified atom stereocenters. The number of nitrogens with zero attached hydrogens (tertiary/aromatic N) is 1. The van der Waals surface area contributed by atoms with Crippen molar-refractivity contribution in [2.75, 3.05) is 6.61 Å². The first-order chi connectivity index (χ1) is 8.45. The van der Waals surface area contributed by atoms with Gasteiger partial charge in [-0.1, -0.05) is 0 Å². The molecule has 0 aromatic heterocycles. The molecule has 18 heavy (non-hydrogen) atoms. The average molecular weight is 323 g/mol. The zero-order valence-corrected chi connectivity index (χ0v) is 10.6. The smallest absolute Gasteiger partial charge is 0.394 e. The molecule has 9 heteroatoms. The highest BCUT2D eigenvalue weighted by Crippen LogP contribution is 2.25. The molecule has 2 aliphatic heterocycles. The highest BCUT2D eigenvalue weighted by atomic mass is 79.9. The van der Waals surface area contributed by atoms with Crippen molar-refractivity contribution in [1.82, 2.24) is 10.2 Å². The van der Waals surface area contributed by atoms with Crippen LogP contribution < -0.4 is 10.2 Å². The van der Waals surface area contributed by atoms with Gasteiger partial charge in [0.2, 0.25) is 0 Å². The quantitative estimate of drug-likeness (QED) is 0.438. The average Bonchev–Trinajstić information content (AvgIpc) is 2.61. The number of amides is 3. The summed E-state index contributed by atoms with van der Waals surface area (Å²) in [7, 11) is 0. The van der Waals surface area contributed by atoms with Crippen molar-refractivity contribution >= 4 is 27.9 Å². The normalized spacial score (nSPS) is 37.7. The number of carbonyl (C=O) groups is 2. The second-order valence-corrected chi connectivity index (χ2v) is 4.73. The van der Waals surface area contributed by atoms with Gasteiger partial charge in [0.1, 0.15) is 16.7 Å². The molecule has 0 saturated carbocycles. The van der Waals surface area contributed by atoms with Gasteiger partial charge >= 0.3 is 6.03 Å². The fourth-order valence-electron chi connectivity index (χ4n) is 1.76. The van der Waals surface area contributed by atoms with Crippen LogP contribution in [0.25, 0.3) is 0 Å². The summed E-state index contributed by atoms with van der Waals surface area (Å²) in [6.07, 6.45) is -3.68. The lowest BCUT2D eigenvalue weighted by Crippen LogP contribution is -2.56. The first-order valence-electron chi connectivity index (χ1n) is 5.09. The van der Waals surface area contributed by atoms with E-state index in [0.29, 0.717) is 0 Å². The lowest BCUT2D eigenvalue weighted by Gasteiger charge is -2.18. The van der Waals surface area contributed by atoms with Crippen molar-refractivity contribution in [2.45, 2.75) is 24.5 Å². The molecule has 1 fully saturated rings. The van der Waals surface area contributed by atoms with Gasteiger partial charge in [0.05, 0.1) is 6.61 Å². The highest BCUT2D eigenvalue weighted by Gasteiger charge is 2.54. The fraction of sp³-hybridized carbons (Fsp3) is 0.556. The number of rotatable bonds is 2. The van der Waals surface area contributed by atoms with E-state index in [2.05, 4.69) is 15.9 Å². The molecule has 0 aromatic carbocycles. The summed E-state index contributed by atoms with van der Waals surface area (Å²) >= 11 is 2.94. The van der Waals surface area contributed by atoms with Crippen LogP contribution in [0.4, 0.5) is 4.79 Å². The van der Waals surface area contributed by atoms with E-state index in [9.17, 15) is 19.8 Å². The van der Waals surface area contributed by atoms with E-state index in [4.69, 9.17) is 9.84 Å². The Morgan fingerprint density at radius 2 is 2.06 bits per heavy atom. The second-order valence-electron chi connectivity index (χ2n) is 3.87. The van der Waals surface area contributed by atoms with Crippen LogP contribution in [0.1, 0.15) is 0 Å². The number of halogens is 1. The molecule has 1 saturated heterocycles. The van der Waals surface area contributed by atoms with Crippen molar-refractivity contribution in [1.29, 1.82) is 0 Å². The number of nitrogens with one attached hydrogen (secondary N) is 1. The predicted octanol–water partition coefficient (Wildman–Crippen LogP) is -1.95. The number of imide groups is 1. The Morgan fingerprint density at radius 3 is 2.61 bits per heavy atom. The third-order valence-electron chi connectivity index (χ3n) is 2.72. The Bertz CT molecular complexity index is 414. The van der Waals surface area contributed by atoms with Gasteiger partial charge in [-0.15, -0.1) is 0 Å². The molecule has 0 aromatic rings. The molecule has 2 heterocycles. The van der Waals surface area contributed by atoms with Crippen LogP contribution in [0, 0.1) is 0 Å². The summed E-state index contributed by atoms with van der Waals surface area (Å²) in [5, 5.41) is 30.3. The Labute approximate surface area is 110 Å². The number of hydrogen-bond acceptors (Lipinski definition) is 6. The maximum atomic E-state index is 11.6. The Hall–Kier alpha value is -0.840. The van der Waals surface area contributed by atoms with Crippen molar-refractivity contribution in [3.8, 4) is 0 Å². The first-order valence-corrected chi connectivity index (χ1v) is 5.88. The van der Waals surface area contributed by atoms with E-state index < -0.39 is 43.1 Å². The first kappa shape index (κ1) is 13.6. The van der Waals surface area contributed by atoms with Crippen molar-refractivity contribution in [3.05, 3.63) is 10.7 Å². The maximum Gasteiger partial charge on any atom is 0.479 e. The predicted molar refractivity (Wildman–Crippen MR) is 60.4 cm³/mol. The summed E-state index contributed by atoms with van der Waals surface area (Å²) in [5.74, 6) is -0.608. The van der Waals surface area contributed by atoms with Gasteiger partial charge in [0.15, 0.2) is 12.3 Å². The van der Waals surface area contributed by atoms with Gasteiger partial charge in [-0.05, 0) is 20.8 Å².